The van der Waals surface area contributed by atoms with Crippen molar-refractivity contribution < 1.29 is 8.42 Å². The maximum atomic E-state index is 12.5. The third-order valence-electron chi connectivity index (χ3n) is 2.90. The maximum Gasteiger partial charge on any atom is 0.264 e. The number of pyridine rings is 1. The van der Waals surface area contributed by atoms with E-state index in [0.29, 0.717) is 11.3 Å². The number of hydrazine groups is 1. The van der Waals surface area contributed by atoms with Crippen molar-refractivity contribution in [3.05, 3.63) is 48.2 Å². The SMILES string of the molecule is CN(c1ccc(C#N)cc1)S(=O)(=O)c1ccnc(NN)c1. The standard InChI is InChI=1S/C13H13N5O2S/c1-18(11-4-2-10(9-14)3-5-11)21(19,20)12-6-7-16-13(8-12)17-15/h2-8H,15H2,1H3,(H,16,17). The van der Waals surface area contributed by atoms with Gasteiger partial charge in [0.15, 0.2) is 0 Å². The van der Waals surface area contributed by atoms with E-state index in [1.54, 1.807) is 24.3 Å². The molecule has 2 aromatic rings. The molecule has 108 valence electrons. The summed E-state index contributed by atoms with van der Waals surface area (Å²) in [4.78, 5) is 3.94. The van der Waals surface area contributed by atoms with Crippen molar-refractivity contribution in [2.45, 2.75) is 4.90 Å². The van der Waals surface area contributed by atoms with Crippen LogP contribution in [0.5, 0.6) is 0 Å². The van der Waals surface area contributed by atoms with Crippen molar-refractivity contribution >= 4 is 21.5 Å². The average Bonchev–Trinajstić information content (AvgIpc) is 2.54. The van der Waals surface area contributed by atoms with E-state index in [-0.39, 0.29) is 10.7 Å². The number of hydrogen-bond acceptors (Lipinski definition) is 6. The highest BCUT2D eigenvalue weighted by atomic mass is 32.2. The van der Waals surface area contributed by atoms with Crippen LogP contribution in [-0.2, 0) is 10.0 Å². The molecule has 0 radical (unpaired) electrons. The summed E-state index contributed by atoms with van der Waals surface area (Å²) in [6, 6.07) is 11.0. The summed E-state index contributed by atoms with van der Waals surface area (Å²) in [5.74, 6) is 5.48. The molecule has 3 N–H and O–H groups in total. The summed E-state index contributed by atoms with van der Waals surface area (Å²) in [7, 11) is -2.29. The minimum Gasteiger partial charge on any atom is -0.308 e. The van der Waals surface area contributed by atoms with Crippen molar-refractivity contribution in [1.29, 1.82) is 5.26 Å². The second-order valence-electron chi connectivity index (χ2n) is 4.15. The molecule has 1 heterocycles. The summed E-state index contributed by atoms with van der Waals surface area (Å²) in [5.41, 5.74) is 3.22. The van der Waals surface area contributed by atoms with Crippen LogP contribution in [0.25, 0.3) is 0 Å². The molecule has 21 heavy (non-hydrogen) atoms. The molecule has 0 fully saturated rings. The number of nitrogens with zero attached hydrogens (tertiary/aromatic N) is 3. The van der Waals surface area contributed by atoms with Crippen LogP contribution >= 0.6 is 0 Å². The molecule has 8 heteroatoms. The Bertz CT molecular complexity index is 781. The fraction of sp³-hybridized carbons (Fsp3) is 0.0769. The molecular weight excluding hydrogens is 290 g/mol. The summed E-state index contributed by atoms with van der Waals surface area (Å²) in [5, 5.41) is 8.76. The number of hydrogen-bond donors (Lipinski definition) is 2. The smallest absolute Gasteiger partial charge is 0.264 e. The molecule has 0 aliphatic heterocycles. The molecule has 7 nitrogen and oxygen atoms in total. The summed E-state index contributed by atoms with van der Waals surface area (Å²) in [6.07, 6.45) is 1.36. The Labute approximate surface area is 122 Å². The van der Waals surface area contributed by atoms with Gasteiger partial charge in [0.05, 0.1) is 22.2 Å². The lowest BCUT2D eigenvalue weighted by atomic mass is 10.2. The Morgan fingerprint density at radius 3 is 2.52 bits per heavy atom. The Kier molecular flexibility index (Phi) is 4.07. The van der Waals surface area contributed by atoms with Gasteiger partial charge in [-0.1, -0.05) is 0 Å². The van der Waals surface area contributed by atoms with Gasteiger partial charge in [0.2, 0.25) is 0 Å². The minimum absolute atomic E-state index is 0.0670. The zero-order valence-corrected chi connectivity index (χ0v) is 12.0. The molecule has 1 aromatic carbocycles. The lowest BCUT2D eigenvalue weighted by Gasteiger charge is -2.19. The number of aromatic nitrogens is 1. The molecule has 0 saturated carbocycles. The molecule has 0 unspecified atom stereocenters. The van der Waals surface area contributed by atoms with Crippen LogP contribution in [0.2, 0.25) is 0 Å². The quantitative estimate of drug-likeness (QED) is 0.645. The highest BCUT2D eigenvalue weighted by Crippen LogP contribution is 2.23. The topological polar surface area (TPSA) is 112 Å². The summed E-state index contributed by atoms with van der Waals surface area (Å²) < 4.78 is 26.2. The van der Waals surface area contributed by atoms with Crippen molar-refractivity contribution in [3.8, 4) is 6.07 Å². The van der Waals surface area contributed by atoms with Crippen LogP contribution in [0.1, 0.15) is 5.56 Å². The second kappa shape index (κ2) is 5.78. The lowest BCUT2D eigenvalue weighted by molar-refractivity contribution is 0.594. The first-order valence-electron chi connectivity index (χ1n) is 5.91. The van der Waals surface area contributed by atoms with Gasteiger partial charge in [0.25, 0.3) is 10.0 Å². The second-order valence-corrected chi connectivity index (χ2v) is 6.12. The van der Waals surface area contributed by atoms with E-state index in [1.807, 2.05) is 6.07 Å². The molecular formula is C13H13N5O2S. The van der Waals surface area contributed by atoms with Crippen molar-refractivity contribution in [2.24, 2.45) is 5.84 Å². The van der Waals surface area contributed by atoms with Gasteiger partial charge in [-0.25, -0.2) is 19.2 Å². The zero-order valence-electron chi connectivity index (χ0n) is 11.2. The van der Waals surface area contributed by atoms with E-state index < -0.39 is 10.0 Å². The maximum absolute atomic E-state index is 12.5. The van der Waals surface area contributed by atoms with E-state index in [9.17, 15) is 8.42 Å². The fourth-order valence-electron chi connectivity index (χ4n) is 1.69. The Balaban J connectivity index is 2.39. The van der Waals surface area contributed by atoms with Gasteiger partial charge >= 0.3 is 0 Å². The van der Waals surface area contributed by atoms with E-state index >= 15 is 0 Å². The number of sulfonamides is 1. The number of rotatable bonds is 4. The van der Waals surface area contributed by atoms with E-state index in [2.05, 4.69) is 10.4 Å². The first-order chi connectivity index (χ1) is 9.98. The van der Waals surface area contributed by atoms with E-state index in [0.717, 1.165) is 4.31 Å². The van der Waals surface area contributed by atoms with Crippen LogP contribution < -0.4 is 15.6 Å². The third kappa shape index (κ3) is 2.94. The molecule has 0 aliphatic carbocycles. The van der Waals surface area contributed by atoms with Gasteiger partial charge in [0, 0.05) is 19.3 Å². The summed E-state index contributed by atoms with van der Waals surface area (Å²) in [6.45, 7) is 0. The number of nitriles is 1. The zero-order chi connectivity index (χ0) is 15.5. The normalized spacial score (nSPS) is 10.7. The van der Waals surface area contributed by atoms with Crippen molar-refractivity contribution in [3.63, 3.8) is 0 Å². The molecule has 2 rings (SSSR count). The summed E-state index contributed by atoms with van der Waals surface area (Å²) >= 11 is 0. The van der Waals surface area contributed by atoms with Gasteiger partial charge in [-0.2, -0.15) is 5.26 Å². The van der Waals surface area contributed by atoms with Crippen LogP contribution in [-0.4, -0.2) is 20.4 Å². The molecule has 0 amide bonds. The predicted octanol–water partition coefficient (Wildman–Crippen LogP) is 1.06. The number of anilines is 2. The van der Waals surface area contributed by atoms with Crippen molar-refractivity contribution in [1.82, 2.24) is 4.98 Å². The lowest BCUT2D eigenvalue weighted by Crippen LogP contribution is -2.26. The van der Waals surface area contributed by atoms with Gasteiger partial charge < -0.3 is 5.43 Å². The van der Waals surface area contributed by atoms with Crippen LogP contribution in [0, 0.1) is 11.3 Å². The molecule has 0 aliphatic rings. The van der Waals surface area contributed by atoms with Gasteiger partial charge in [-0.15, -0.1) is 0 Å². The molecule has 0 spiro atoms. The number of benzene rings is 1. The highest BCUT2D eigenvalue weighted by molar-refractivity contribution is 7.92. The Morgan fingerprint density at radius 1 is 1.29 bits per heavy atom. The number of nitrogen functional groups attached to an aromatic ring is 1. The van der Waals surface area contributed by atoms with Crippen LogP contribution in [0.3, 0.4) is 0 Å². The molecule has 0 atom stereocenters. The Hall–Kier alpha value is -2.63. The third-order valence-corrected chi connectivity index (χ3v) is 4.68. The number of nitrogens with two attached hydrogens (primary N) is 1. The minimum atomic E-state index is -3.73. The average molecular weight is 303 g/mol. The van der Waals surface area contributed by atoms with E-state index in [1.165, 1.54) is 25.4 Å². The monoisotopic (exact) mass is 303 g/mol. The fourth-order valence-corrected chi connectivity index (χ4v) is 2.90. The van der Waals surface area contributed by atoms with Gasteiger partial charge in [0.1, 0.15) is 5.82 Å². The highest BCUT2D eigenvalue weighted by Gasteiger charge is 2.21. The first-order valence-corrected chi connectivity index (χ1v) is 7.35. The van der Waals surface area contributed by atoms with Gasteiger partial charge in [-0.3, -0.25) is 4.31 Å². The van der Waals surface area contributed by atoms with Crippen LogP contribution in [0.4, 0.5) is 11.5 Å². The molecule has 1 aromatic heterocycles. The molecule has 0 bridgehead atoms. The van der Waals surface area contributed by atoms with Crippen molar-refractivity contribution in [2.75, 3.05) is 16.8 Å². The van der Waals surface area contributed by atoms with Crippen LogP contribution in [0.15, 0.2) is 47.5 Å². The van der Waals surface area contributed by atoms with Gasteiger partial charge in [-0.05, 0) is 30.3 Å². The first kappa shape index (κ1) is 14.8. The predicted molar refractivity (Wildman–Crippen MR) is 78.8 cm³/mol. The molecule has 0 saturated heterocycles. The largest absolute Gasteiger partial charge is 0.308 e. The van der Waals surface area contributed by atoms with E-state index in [4.69, 9.17) is 11.1 Å². The number of nitrogens with one attached hydrogen (secondary N) is 1. The Morgan fingerprint density at radius 2 is 1.95 bits per heavy atom.